The molecule has 0 spiro atoms. The van der Waals surface area contributed by atoms with Crippen molar-refractivity contribution < 1.29 is 13.9 Å². The molecule has 5 rings (SSSR count). The van der Waals surface area contributed by atoms with E-state index in [1.54, 1.807) is 17.4 Å². The average molecular weight is 427 g/mol. The van der Waals surface area contributed by atoms with Gasteiger partial charge in [-0.15, -0.1) is 11.3 Å². The first kappa shape index (κ1) is 19.2. The Hall–Kier alpha value is -2.74. The number of carbonyl (C=O) groups is 1. The number of halogens is 1. The van der Waals surface area contributed by atoms with E-state index in [2.05, 4.69) is 21.8 Å². The maximum Gasteiger partial charge on any atom is 0.226 e. The van der Waals surface area contributed by atoms with Crippen LogP contribution in [0.15, 0.2) is 42.0 Å². The predicted octanol–water partition coefficient (Wildman–Crippen LogP) is 3.73. The maximum absolute atomic E-state index is 13.1. The monoisotopic (exact) mass is 426 g/mol. The lowest BCUT2D eigenvalue weighted by atomic mass is 9.80. The number of benzene rings is 1. The molecule has 1 amide bonds. The molecule has 1 unspecified atom stereocenters. The summed E-state index contributed by atoms with van der Waals surface area (Å²) in [5.74, 6) is 1.51. The molecule has 156 valence electrons. The summed E-state index contributed by atoms with van der Waals surface area (Å²) in [6, 6.07) is 9.11. The van der Waals surface area contributed by atoms with Crippen LogP contribution in [0.5, 0.6) is 5.75 Å². The smallest absolute Gasteiger partial charge is 0.226 e. The van der Waals surface area contributed by atoms with E-state index in [4.69, 9.17) is 4.74 Å². The van der Waals surface area contributed by atoms with Crippen LogP contribution in [0.4, 0.5) is 10.2 Å². The van der Waals surface area contributed by atoms with Crippen LogP contribution in [0.25, 0.3) is 10.2 Å². The Bertz CT molecular complexity index is 1050. The second-order valence-electron chi connectivity index (χ2n) is 8.03. The second-order valence-corrected chi connectivity index (χ2v) is 8.88. The third kappa shape index (κ3) is 3.60. The van der Waals surface area contributed by atoms with E-state index in [1.165, 1.54) is 12.3 Å². The molecule has 1 aromatic carbocycles. The van der Waals surface area contributed by atoms with Crippen LogP contribution in [0.2, 0.25) is 0 Å². The van der Waals surface area contributed by atoms with Gasteiger partial charge in [-0.3, -0.25) is 4.79 Å². The zero-order chi connectivity index (χ0) is 20.7. The lowest BCUT2D eigenvalue weighted by molar-refractivity contribution is -0.144. The van der Waals surface area contributed by atoms with Gasteiger partial charge in [0.05, 0.1) is 21.9 Å². The molecule has 1 atom stereocenters. The molecule has 2 fully saturated rings. The molecule has 3 aromatic rings. The standard InChI is InChI=1S/C22H23FN4O2S/c1-14-12-26(20-6-5-16(23)11-24-20)7-8-27(14)22(28)15-9-17(10-15)29-19-4-2-3-18-21(19)30-13-25-18/h2-6,11,13-15,17H,7-10,12H2,1H3. The quantitative estimate of drug-likeness (QED) is 0.636. The molecule has 30 heavy (non-hydrogen) atoms. The van der Waals surface area contributed by atoms with E-state index < -0.39 is 0 Å². The summed E-state index contributed by atoms with van der Waals surface area (Å²) in [4.78, 5) is 25.6. The number of carbonyl (C=O) groups excluding carboxylic acids is 1. The highest BCUT2D eigenvalue weighted by atomic mass is 32.1. The van der Waals surface area contributed by atoms with Gasteiger partial charge in [-0.1, -0.05) is 6.07 Å². The van der Waals surface area contributed by atoms with Crippen molar-refractivity contribution in [3.63, 3.8) is 0 Å². The van der Waals surface area contributed by atoms with Gasteiger partial charge in [0.15, 0.2) is 0 Å². The van der Waals surface area contributed by atoms with E-state index in [0.29, 0.717) is 19.6 Å². The molecule has 0 radical (unpaired) electrons. The van der Waals surface area contributed by atoms with E-state index in [-0.39, 0.29) is 29.8 Å². The summed E-state index contributed by atoms with van der Waals surface area (Å²) in [6.07, 6.45) is 2.81. The van der Waals surface area contributed by atoms with Gasteiger partial charge in [0.2, 0.25) is 5.91 Å². The number of anilines is 1. The minimum absolute atomic E-state index is 0.0219. The van der Waals surface area contributed by atoms with Crippen molar-refractivity contribution in [1.82, 2.24) is 14.9 Å². The Morgan fingerprint density at radius 1 is 1.20 bits per heavy atom. The van der Waals surface area contributed by atoms with Gasteiger partial charge in [-0.05, 0) is 44.0 Å². The van der Waals surface area contributed by atoms with E-state index in [0.717, 1.165) is 34.6 Å². The van der Waals surface area contributed by atoms with Crippen molar-refractivity contribution in [2.24, 2.45) is 5.92 Å². The highest BCUT2D eigenvalue weighted by Crippen LogP contribution is 2.37. The van der Waals surface area contributed by atoms with E-state index in [1.807, 2.05) is 28.6 Å². The lowest BCUT2D eigenvalue weighted by Crippen LogP contribution is -2.57. The zero-order valence-corrected chi connectivity index (χ0v) is 17.5. The fourth-order valence-corrected chi connectivity index (χ4v) is 5.02. The first-order chi connectivity index (χ1) is 14.6. The van der Waals surface area contributed by atoms with Crippen molar-refractivity contribution in [1.29, 1.82) is 0 Å². The van der Waals surface area contributed by atoms with Gasteiger partial charge in [0.1, 0.15) is 23.5 Å². The zero-order valence-electron chi connectivity index (χ0n) is 16.7. The van der Waals surface area contributed by atoms with Crippen molar-refractivity contribution in [2.75, 3.05) is 24.5 Å². The predicted molar refractivity (Wildman–Crippen MR) is 114 cm³/mol. The van der Waals surface area contributed by atoms with Gasteiger partial charge >= 0.3 is 0 Å². The van der Waals surface area contributed by atoms with Crippen LogP contribution >= 0.6 is 11.3 Å². The Morgan fingerprint density at radius 2 is 2.07 bits per heavy atom. The van der Waals surface area contributed by atoms with Crippen LogP contribution in [0.1, 0.15) is 19.8 Å². The Balaban J connectivity index is 1.16. The maximum atomic E-state index is 13.1. The summed E-state index contributed by atoms with van der Waals surface area (Å²) >= 11 is 1.58. The molecule has 6 nitrogen and oxygen atoms in total. The summed E-state index contributed by atoms with van der Waals surface area (Å²) in [7, 11) is 0. The third-order valence-corrected chi connectivity index (χ3v) is 6.86. The molecule has 1 saturated heterocycles. The second kappa shape index (κ2) is 7.83. The lowest BCUT2D eigenvalue weighted by Gasteiger charge is -2.44. The van der Waals surface area contributed by atoms with Crippen molar-refractivity contribution in [2.45, 2.75) is 31.9 Å². The van der Waals surface area contributed by atoms with Gasteiger partial charge in [0, 0.05) is 31.6 Å². The summed E-state index contributed by atoms with van der Waals surface area (Å²) in [6.45, 7) is 4.12. The van der Waals surface area contributed by atoms with Crippen molar-refractivity contribution in [3.8, 4) is 5.75 Å². The number of amides is 1. The summed E-state index contributed by atoms with van der Waals surface area (Å²) in [5, 5.41) is 0. The number of nitrogens with zero attached hydrogens (tertiary/aromatic N) is 4. The number of hydrogen-bond donors (Lipinski definition) is 0. The topological polar surface area (TPSA) is 58.6 Å². The van der Waals surface area contributed by atoms with Gasteiger partial charge in [-0.25, -0.2) is 14.4 Å². The van der Waals surface area contributed by atoms with Crippen LogP contribution < -0.4 is 9.64 Å². The first-order valence-electron chi connectivity index (χ1n) is 10.2. The number of aromatic nitrogens is 2. The average Bonchev–Trinajstić information content (AvgIpc) is 3.20. The fraction of sp³-hybridized carbons (Fsp3) is 0.409. The molecule has 1 aliphatic heterocycles. The number of piperazine rings is 1. The Kier molecular flexibility index (Phi) is 5.02. The minimum Gasteiger partial charge on any atom is -0.489 e. The molecule has 2 aliphatic rings. The number of hydrogen-bond acceptors (Lipinski definition) is 6. The van der Waals surface area contributed by atoms with Gasteiger partial charge in [-0.2, -0.15) is 0 Å². The third-order valence-electron chi connectivity index (χ3n) is 6.00. The van der Waals surface area contributed by atoms with Gasteiger partial charge < -0.3 is 14.5 Å². The number of thiazole rings is 1. The Labute approximate surface area is 178 Å². The van der Waals surface area contributed by atoms with Crippen LogP contribution in [0, 0.1) is 11.7 Å². The number of ether oxygens (including phenoxy) is 1. The van der Waals surface area contributed by atoms with E-state index in [9.17, 15) is 9.18 Å². The molecule has 0 N–H and O–H groups in total. The number of fused-ring (bicyclic) bond motifs is 1. The molecule has 1 saturated carbocycles. The molecular formula is C22H23FN4O2S. The van der Waals surface area contributed by atoms with Crippen molar-refractivity contribution in [3.05, 3.63) is 47.9 Å². The number of pyridine rings is 1. The summed E-state index contributed by atoms with van der Waals surface area (Å²) in [5.41, 5.74) is 2.78. The molecule has 1 aliphatic carbocycles. The van der Waals surface area contributed by atoms with Crippen molar-refractivity contribution >= 4 is 33.3 Å². The molecule has 8 heteroatoms. The summed E-state index contributed by atoms with van der Waals surface area (Å²) < 4.78 is 20.3. The van der Waals surface area contributed by atoms with E-state index >= 15 is 0 Å². The fourth-order valence-electron chi connectivity index (χ4n) is 4.28. The molecule has 0 bridgehead atoms. The molecule has 3 heterocycles. The van der Waals surface area contributed by atoms with Crippen LogP contribution in [0.3, 0.4) is 0 Å². The van der Waals surface area contributed by atoms with Gasteiger partial charge in [0.25, 0.3) is 0 Å². The normalized spacial score (nSPS) is 24.0. The largest absolute Gasteiger partial charge is 0.489 e. The SMILES string of the molecule is CC1CN(c2ccc(F)cn2)CCN1C(=O)C1CC(Oc2cccc3ncsc23)C1. The minimum atomic E-state index is -0.339. The van der Waals surface area contributed by atoms with Crippen LogP contribution in [-0.2, 0) is 4.79 Å². The Morgan fingerprint density at radius 3 is 2.83 bits per heavy atom. The molecule has 2 aromatic heterocycles. The highest BCUT2D eigenvalue weighted by Gasteiger charge is 2.40. The number of rotatable bonds is 4. The first-order valence-corrected chi connectivity index (χ1v) is 11.1. The molecular weight excluding hydrogens is 403 g/mol. The van der Waals surface area contributed by atoms with Crippen LogP contribution in [-0.4, -0.2) is 52.6 Å². The highest BCUT2D eigenvalue weighted by molar-refractivity contribution is 7.17.